The molecular formula is C22H21N3O6. The van der Waals surface area contributed by atoms with E-state index in [1.165, 1.54) is 19.2 Å². The molecule has 9 nitrogen and oxygen atoms in total. The van der Waals surface area contributed by atoms with Gasteiger partial charge in [-0.05, 0) is 30.3 Å². The van der Waals surface area contributed by atoms with Crippen LogP contribution >= 0.6 is 0 Å². The van der Waals surface area contributed by atoms with E-state index in [2.05, 4.69) is 10.4 Å². The second kappa shape index (κ2) is 10.6. The zero-order valence-corrected chi connectivity index (χ0v) is 16.8. The van der Waals surface area contributed by atoms with Gasteiger partial charge >= 0.3 is 5.97 Å². The number of ether oxygens (including phenoxy) is 3. The Kier molecular flexibility index (Phi) is 7.36. The predicted octanol–water partition coefficient (Wildman–Crippen LogP) is 2.13. The van der Waals surface area contributed by atoms with E-state index >= 15 is 0 Å². The van der Waals surface area contributed by atoms with Crippen LogP contribution in [0.2, 0.25) is 0 Å². The summed E-state index contributed by atoms with van der Waals surface area (Å²) >= 11 is 0. The first-order valence-corrected chi connectivity index (χ1v) is 9.43. The van der Waals surface area contributed by atoms with Gasteiger partial charge in [0.1, 0.15) is 18.1 Å². The standard InChI is InChI=1S/C22H21N3O6/c1-29-19-10-6-5-9-17(19)23-20(26)15-31-22(28)18-11-12-21(27)25(24-18)13-14-30-16-7-3-2-4-8-16/h2-12H,13-15H2,1H3,(H,23,26). The third-order valence-corrected chi connectivity index (χ3v) is 4.11. The monoisotopic (exact) mass is 423 g/mol. The molecule has 3 aromatic rings. The Morgan fingerprint density at radius 2 is 1.74 bits per heavy atom. The van der Waals surface area contributed by atoms with Crippen molar-refractivity contribution in [2.75, 3.05) is 25.6 Å². The lowest BCUT2D eigenvalue weighted by Crippen LogP contribution is -2.28. The third-order valence-electron chi connectivity index (χ3n) is 4.11. The summed E-state index contributed by atoms with van der Waals surface area (Å²) < 4.78 is 16.8. The average molecular weight is 423 g/mol. The fourth-order valence-corrected chi connectivity index (χ4v) is 2.62. The lowest BCUT2D eigenvalue weighted by molar-refractivity contribution is -0.119. The van der Waals surface area contributed by atoms with Crippen LogP contribution in [0.15, 0.2) is 71.5 Å². The predicted molar refractivity (Wildman–Crippen MR) is 112 cm³/mol. The molecule has 0 unspecified atom stereocenters. The normalized spacial score (nSPS) is 10.2. The summed E-state index contributed by atoms with van der Waals surface area (Å²) in [4.78, 5) is 36.3. The average Bonchev–Trinajstić information content (AvgIpc) is 2.80. The summed E-state index contributed by atoms with van der Waals surface area (Å²) in [6.07, 6.45) is 0. The molecule has 0 saturated carbocycles. The number of carbonyl (C=O) groups excluding carboxylic acids is 2. The van der Waals surface area contributed by atoms with Gasteiger partial charge in [-0.2, -0.15) is 5.10 Å². The molecule has 0 aliphatic rings. The van der Waals surface area contributed by atoms with Crippen LogP contribution in [-0.4, -0.2) is 42.0 Å². The number of para-hydroxylation sites is 3. The third kappa shape index (κ3) is 6.17. The Hall–Kier alpha value is -4.14. The SMILES string of the molecule is COc1ccccc1NC(=O)COC(=O)c1ccc(=O)n(CCOc2ccccc2)n1. The van der Waals surface area contributed by atoms with E-state index in [9.17, 15) is 14.4 Å². The number of amides is 1. The molecule has 0 radical (unpaired) electrons. The van der Waals surface area contributed by atoms with Gasteiger partial charge < -0.3 is 19.5 Å². The number of methoxy groups -OCH3 is 1. The fraction of sp³-hybridized carbons (Fsp3) is 0.182. The highest BCUT2D eigenvalue weighted by molar-refractivity contribution is 5.95. The van der Waals surface area contributed by atoms with Crippen LogP contribution < -0.4 is 20.3 Å². The molecule has 0 spiro atoms. The summed E-state index contributed by atoms with van der Waals surface area (Å²) in [6.45, 7) is -0.186. The lowest BCUT2D eigenvalue weighted by atomic mass is 10.3. The van der Waals surface area contributed by atoms with Gasteiger partial charge in [0.25, 0.3) is 11.5 Å². The van der Waals surface area contributed by atoms with Crippen molar-refractivity contribution in [1.82, 2.24) is 9.78 Å². The molecule has 9 heteroatoms. The molecule has 31 heavy (non-hydrogen) atoms. The van der Waals surface area contributed by atoms with Crippen molar-refractivity contribution in [1.29, 1.82) is 0 Å². The van der Waals surface area contributed by atoms with Crippen molar-refractivity contribution < 1.29 is 23.8 Å². The van der Waals surface area contributed by atoms with E-state index in [1.54, 1.807) is 36.4 Å². The number of nitrogens with one attached hydrogen (secondary N) is 1. The summed E-state index contributed by atoms with van der Waals surface area (Å²) in [7, 11) is 1.48. The van der Waals surface area contributed by atoms with E-state index in [4.69, 9.17) is 14.2 Å². The molecule has 0 fully saturated rings. The number of hydrogen-bond acceptors (Lipinski definition) is 7. The summed E-state index contributed by atoms with van der Waals surface area (Å²) in [5.41, 5.74) is -0.0253. The van der Waals surface area contributed by atoms with Crippen LogP contribution in [-0.2, 0) is 16.1 Å². The van der Waals surface area contributed by atoms with Crippen LogP contribution in [0.3, 0.4) is 0 Å². The Balaban J connectivity index is 1.54. The Morgan fingerprint density at radius 3 is 2.52 bits per heavy atom. The zero-order chi connectivity index (χ0) is 22.1. The van der Waals surface area contributed by atoms with Gasteiger partial charge in [-0.15, -0.1) is 0 Å². The molecular weight excluding hydrogens is 402 g/mol. The van der Waals surface area contributed by atoms with Gasteiger partial charge in [0.05, 0.1) is 19.3 Å². The number of anilines is 1. The highest BCUT2D eigenvalue weighted by Gasteiger charge is 2.14. The van der Waals surface area contributed by atoms with E-state index < -0.39 is 18.5 Å². The fourth-order valence-electron chi connectivity index (χ4n) is 2.62. The second-order valence-electron chi connectivity index (χ2n) is 6.27. The number of hydrogen-bond donors (Lipinski definition) is 1. The van der Waals surface area contributed by atoms with Crippen molar-refractivity contribution in [3.05, 3.63) is 82.8 Å². The zero-order valence-electron chi connectivity index (χ0n) is 16.8. The quantitative estimate of drug-likeness (QED) is 0.525. The molecule has 0 saturated heterocycles. The molecule has 0 bridgehead atoms. The number of aromatic nitrogens is 2. The number of esters is 1. The van der Waals surface area contributed by atoms with Crippen molar-refractivity contribution in [2.45, 2.75) is 6.54 Å². The van der Waals surface area contributed by atoms with Crippen molar-refractivity contribution in [2.24, 2.45) is 0 Å². The molecule has 0 aliphatic carbocycles. The smallest absolute Gasteiger partial charge is 0.359 e. The first-order valence-electron chi connectivity index (χ1n) is 9.43. The second-order valence-corrected chi connectivity index (χ2v) is 6.27. The molecule has 160 valence electrons. The maximum absolute atomic E-state index is 12.2. The molecule has 0 atom stereocenters. The van der Waals surface area contributed by atoms with Gasteiger partial charge in [-0.1, -0.05) is 30.3 Å². The topological polar surface area (TPSA) is 109 Å². The van der Waals surface area contributed by atoms with Gasteiger partial charge in [0, 0.05) is 6.07 Å². The van der Waals surface area contributed by atoms with Crippen LogP contribution in [0.5, 0.6) is 11.5 Å². The maximum atomic E-state index is 12.2. The van der Waals surface area contributed by atoms with E-state index in [-0.39, 0.29) is 24.4 Å². The molecule has 1 aromatic heterocycles. The van der Waals surface area contributed by atoms with Gasteiger partial charge in [-0.25, -0.2) is 9.48 Å². The minimum Gasteiger partial charge on any atom is -0.495 e. The van der Waals surface area contributed by atoms with Crippen LogP contribution in [0, 0.1) is 0 Å². The minimum absolute atomic E-state index is 0.0931. The highest BCUT2D eigenvalue weighted by atomic mass is 16.5. The van der Waals surface area contributed by atoms with Gasteiger partial charge in [0.2, 0.25) is 0 Å². The lowest BCUT2D eigenvalue weighted by Gasteiger charge is -2.10. The van der Waals surface area contributed by atoms with E-state index in [1.807, 2.05) is 18.2 Å². The van der Waals surface area contributed by atoms with Crippen molar-refractivity contribution >= 4 is 17.6 Å². The van der Waals surface area contributed by atoms with Crippen molar-refractivity contribution in [3.8, 4) is 11.5 Å². The summed E-state index contributed by atoms with van der Waals surface area (Å²) in [5.74, 6) is -0.226. The van der Waals surface area contributed by atoms with E-state index in [0.717, 1.165) is 4.68 Å². The summed E-state index contributed by atoms with van der Waals surface area (Å²) in [6, 6.07) is 18.4. The molecule has 1 N–H and O–H groups in total. The molecule has 1 amide bonds. The first kappa shape index (κ1) is 21.6. The maximum Gasteiger partial charge on any atom is 0.359 e. The highest BCUT2D eigenvalue weighted by Crippen LogP contribution is 2.22. The number of nitrogens with zero attached hydrogens (tertiary/aromatic N) is 2. The number of carbonyl (C=O) groups is 2. The van der Waals surface area contributed by atoms with Crippen LogP contribution in [0.25, 0.3) is 0 Å². The number of benzene rings is 2. The largest absolute Gasteiger partial charge is 0.495 e. The summed E-state index contributed by atoms with van der Waals surface area (Å²) in [5, 5.41) is 6.59. The van der Waals surface area contributed by atoms with E-state index in [0.29, 0.717) is 17.2 Å². The minimum atomic E-state index is -0.826. The first-order chi connectivity index (χ1) is 15.1. The van der Waals surface area contributed by atoms with Crippen molar-refractivity contribution in [3.63, 3.8) is 0 Å². The Morgan fingerprint density at radius 1 is 1.00 bits per heavy atom. The molecule has 0 aliphatic heterocycles. The van der Waals surface area contributed by atoms with Gasteiger partial charge in [-0.3, -0.25) is 9.59 Å². The van der Waals surface area contributed by atoms with Crippen LogP contribution in [0.4, 0.5) is 5.69 Å². The Labute approximate surface area is 178 Å². The van der Waals surface area contributed by atoms with Gasteiger partial charge in [0.15, 0.2) is 12.3 Å². The molecule has 1 heterocycles. The molecule has 2 aromatic carbocycles. The van der Waals surface area contributed by atoms with Crippen LogP contribution in [0.1, 0.15) is 10.5 Å². The Bertz CT molecular complexity index is 1100. The number of rotatable bonds is 9. The molecule has 3 rings (SSSR count).